The summed E-state index contributed by atoms with van der Waals surface area (Å²) in [5.74, 6) is 0.382. The fourth-order valence-corrected chi connectivity index (χ4v) is 6.90. The summed E-state index contributed by atoms with van der Waals surface area (Å²) in [6, 6.07) is 20.9. The minimum absolute atomic E-state index is 0.229. The van der Waals surface area contributed by atoms with Crippen molar-refractivity contribution in [2.45, 2.75) is 28.6 Å². The highest BCUT2D eigenvalue weighted by Gasteiger charge is 2.28. The number of nitrogens with zero attached hydrogens (tertiary/aromatic N) is 4. The average Bonchev–Trinajstić information content (AvgIpc) is 3.55. The van der Waals surface area contributed by atoms with E-state index >= 15 is 0 Å². The van der Waals surface area contributed by atoms with Gasteiger partial charge in [-0.3, -0.25) is 4.57 Å². The maximum atomic E-state index is 14.3. The van der Waals surface area contributed by atoms with Gasteiger partial charge in [-0.05, 0) is 49.2 Å². The summed E-state index contributed by atoms with van der Waals surface area (Å²) in [6.07, 6.45) is 1.74. The summed E-state index contributed by atoms with van der Waals surface area (Å²) < 4.78 is 44.0. The second kappa shape index (κ2) is 10.1. The van der Waals surface area contributed by atoms with E-state index < -0.39 is 10.0 Å². The molecule has 10 heteroatoms. The molecule has 5 rings (SSSR count). The van der Waals surface area contributed by atoms with E-state index in [2.05, 4.69) is 10.2 Å². The predicted molar refractivity (Wildman–Crippen MR) is 136 cm³/mol. The SMILES string of the molecule is O=S(=O)(c1cccc(-c2nnc(SCc3c(F)cccc3Cl)n2-c2ccccc2)c1)N1CCCC1. The highest BCUT2D eigenvalue weighted by Crippen LogP contribution is 2.33. The zero-order valence-corrected chi connectivity index (χ0v) is 21.0. The molecule has 1 aliphatic heterocycles. The lowest BCUT2D eigenvalue weighted by atomic mass is 10.2. The minimum Gasteiger partial charge on any atom is -0.270 e. The Balaban J connectivity index is 1.54. The van der Waals surface area contributed by atoms with Crippen molar-refractivity contribution >= 4 is 33.4 Å². The maximum absolute atomic E-state index is 14.3. The van der Waals surface area contributed by atoms with Crippen LogP contribution in [0.1, 0.15) is 18.4 Å². The molecule has 180 valence electrons. The molecule has 0 saturated carbocycles. The molecule has 4 aromatic rings. The van der Waals surface area contributed by atoms with Gasteiger partial charge in [-0.15, -0.1) is 10.2 Å². The van der Waals surface area contributed by atoms with Gasteiger partial charge >= 0.3 is 0 Å². The highest BCUT2D eigenvalue weighted by atomic mass is 35.5. The van der Waals surface area contributed by atoms with Crippen LogP contribution in [0, 0.1) is 5.82 Å². The Hall–Kier alpha value is -2.72. The van der Waals surface area contributed by atoms with Gasteiger partial charge in [-0.25, -0.2) is 12.8 Å². The van der Waals surface area contributed by atoms with E-state index in [9.17, 15) is 12.8 Å². The van der Waals surface area contributed by atoms with E-state index in [1.165, 1.54) is 22.1 Å². The molecule has 1 fully saturated rings. The first-order valence-corrected chi connectivity index (χ1v) is 13.9. The quantitative estimate of drug-likeness (QED) is 0.283. The van der Waals surface area contributed by atoms with Crippen LogP contribution in [0.2, 0.25) is 5.02 Å². The molecule has 0 amide bonds. The molecule has 0 N–H and O–H groups in total. The van der Waals surface area contributed by atoms with Gasteiger partial charge in [0.15, 0.2) is 11.0 Å². The monoisotopic (exact) mass is 528 g/mol. The molecule has 1 saturated heterocycles. The van der Waals surface area contributed by atoms with E-state index in [0.717, 1.165) is 18.5 Å². The lowest BCUT2D eigenvalue weighted by Crippen LogP contribution is -2.27. The summed E-state index contributed by atoms with van der Waals surface area (Å²) >= 11 is 7.52. The van der Waals surface area contributed by atoms with Crippen LogP contribution in [0.4, 0.5) is 4.39 Å². The van der Waals surface area contributed by atoms with Crippen molar-refractivity contribution in [2.75, 3.05) is 13.1 Å². The van der Waals surface area contributed by atoms with Gasteiger partial charge in [0.2, 0.25) is 10.0 Å². The topological polar surface area (TPSA) is 68.1 Å². The smallest absolute Gasteiger partial charge is 0.243 e. The molecule has 0 spiro atoms. The van der Waals surface area contributed by atoms with Gasteiger partial charge in [0, 0.05) is 40.7 Å². The Morgan fingerprint density at radius 3 is 2.43 bits per heavy atom. The normalized spacial score (nSPS) is 14.5. The van der Waals surface area contributed by atoms with Crippen LogP contribution >= 0.6 is 23.4 Å². The largest absolute Gasteiger partial charge is 0.270 e. The van der Waals surface area contributed by atoms with Gasteiger partial charge in [-0.1, -0.05) is 59.8 Å². The van der Waals surface area contributed by atoms with Gasteiger partial charge in [0.05, 0.1) is 4.90 Å². The van der Waals surface area contributed by atoms with Crippen molar-refractivity contribution in [3.05, 3.63) is 89.2 Å². The molecule has 0 radical (unpaired) electrons. The van der Waals surface area contributed by atoms with E-state index in [1.54, 1.807) is 30.3 Å². The zero-order chi connectivity index (χ0) is 24.4. The first kappa shape index (κ1) is 24.0. The summed E-state index contributed by atoms with van der Waals surface area (Å²) in [4.78, 5) is 0.229. The van der Waals surface area contributed by atoms with Crippen molar-refractivity contribution in [3.8, 4) is 17.1 Å². The first-order chi connectivity index (χ1) is 16.9. The van der Waals surface area contributed by atoms with Crippen LogP contribution in [0.25, 0.3) is 17.1 Å². The number of aromatic nitrogens is 3. The summed E-state index contributed by atoms with van der Waals surface area (Å²) in [5, 5.41) is 9.65. The van der Waals surface area contributed by atoms with Gasteiger partial charge < -0.3 is 0 Å². The Morgan fingerprint density at radius 2 is 1.69 bits per heavy atom. The molecule has 1 aromatic heterocycles. The van der Waals surface area contributed by atoms with E-state index in [0.29, 0.717) is 40.2 Å². The molecular formula is C25H22ClFN4O2S2. The molecule has 0 unspecified atom stereocenters. The average molecular weight is 529 g/mol. The first-order valence-electron chi connectivity index (χ1n) is 11.1. The van der Waals surface area contributed by atoms with Crippen molar-refractivity contribution in [3.63, 3.8) is 0 Å². The van der Waals surface area contributed by atoms with Gasteiger partial charge in [0.1, 0.15) is 5.82 Å². The Bertz CT molecular complexity index is 1440. The second-order valence-corrected chi connectivity index (χ2v) is 11.4. The highest BCUT2D eigenvalue weighted by molar-refractivity contribution is 7.98. The van der Waals surface area contributed by atoms with Crippen LogP contribution in [0.15, 0.2) is 82.8 Å². The minimum atomic E-state index is -3.58. The lowest BCUT2D eigenvalue weighted by molar-refractivity contribution is 0.477. The summed E-state index contributed by atoms with van der Waals surface area (Å²) in [6.45, 7) is 1.07. The third-order valence-corrected chi connectivity index (χ3v) is 9.05. The van der Waals surface area contributed by atoms with Crippen LogP contribution in [0.5, 0.6) is 0 Å². The number of thioether (sulfide) groups is 1. The Labute approximate surface area is 212 Å². The molecule has 0 bridgehead atoms. The molecule has 3 aromatic carbocycles. The number of halogens is 2. The van der Waals surface area contributed by atoms with Crippen molar-refractivity contribution in [2.24, 2.45) is 0 Å². The molecule has 2 heterocycles. The molecule has 6 nitrogen and oxygen atoms in total. The van der Waals surface area contributed by atoms with E-state index in [1.807, 2.05) is 41.0 Å². The zero-order valence-electron chi connectivity index (χ0n) is 18.6. The predicted octanol–water partition coefficient (Wildman–Crippen LogP) is 5.80. The fourth-order valence-electron chi connectivity index (χ4n) is 4.04. The molecule has 0 atom stereocenters. The van der Waals surface area contributed by atoms with E-state index in [-0.39, 0.29) is 16.5 Å². The summed E-state index contributed by atoms with van der Waals surface area (Å²) in [7, 11) is -3.58. The van der Waals surface area contributed by atoms with Crippen LogP contribution < -0.4 is 0 Å². The third kappa shape index (κ3) is 4.86. The Kier molecular flexibility index (Phi) is 6.93. The van der Waals surface area contributed by atoms with Gasteiger partial charge in [0.25, 0.3) is 0 Å². The third-order valence-electron chi connectivity index (χ3n) is 5.85. The number of sulfonamides is 1. The van der Waals surface area contributed by atoms with Crippen molar-refractivity contribution in [1.29, 1.82) is 0 Å². The summed E-state index contributed by atoms with van der Waals surface area (Å²) in [5.41, 5.74) is 1.82. The number of hydrogen-bond donors (Lipinski definition) is 0. The van der Waals surface area contributed by atoms with Crippen molar-refractivity contribution < 1.29 is 12.8 Å². The Morgan fingerprint density at radius 1 is 0.943 bits per heavy atom. The lowest BCUT2D eigenvalue weighted by Gasteiger charge is -2.16. The molecule has 35 heavy (non-hydrogen) atoms. The number of hydrogen-bond acceptors (Lipinski definition) is 5. The van der Waals surface area contributed by atoms with Crippen molar-refractivity contribution in [1.82, 2.24) is 19.1 Å². The molecule has 1 aliphatic rings. The van der Waals surface area contributed by atoms with E-state index in [4.69, 9.17) is 11.6 Å². The fraction of sp³-hybridized carbons (Fsp3) is 0.200. The maximum Gasteiger partial charge on any atom is 0.243 e. The standard InChI is InChI=1S/C25H22ClFN4O2S2/c26-22-12-7-13-23(27)21(22)17-34-25-29-28-24(31(25)19-9-2-1-3-10-19)18-8-6-11-20(16-18)35(32,33)30-14-4-5-15-30/h1-3,6-13,16H,4-5,14-15,17H2. The van der Waals surface area contributed by atoms with Crippen LogP contribution in [0.3, 0.4) is 0 Å². The van der Waals surface area contributed by atoms with Crippen LogP contribution in [-0.2, 0) is 15.8 Å². The van der Waals surface area contributed by atoms with Gasteiger partial charge in [-0.2, -0.15) is 4.31 Å². The van der Waals surface area contributed by atoms with Crippen LogP contribution in [-0.4, -0.2) is 40.6 Å². The number of para-hydroxylation sites is 1. The second-order valence-electron chi connectivity index (χ2n) is 8.11. The molecular weight excluding hydrogens is 507 g/mol. The molecule has 0 aliphatic carbocycles. The number of rotatable bonds is 7. The number of benzene rings is 3.